The van der Waals surface area contributed by atoms with Crippen LogP contribution in [0.1, 0.15) is 52.4 Å². The number of amides is 1. The van der Waals surface area contributed by atoms with Gasteiger partial charge in [-0.05, 0) is 55.8 Å². The number of hydrogen-bond acceptors (Lipinski definition) is 2. The maximum absolute atomic E-state index is 12.8. The van der Waals surface area contributed by atoms with Crippen molar-refractivity contribution in [3.63, 3.8) is 0 Å². The summed E-state index contributed by atoms with van der Waals surface area (Å²) in [4.78, 5) is 13.3. The maximum Gasteiger partial charge on any atom is 0.226 e. The smallest absolute Gasteiger partial charge is 0.226 e. The molecule has 4 heteroatoms. The lowest BCUT2D eigenvalue weighted by molar-refractivity contribution is -0.155. The minimum Gasteiger partial charge on any atom is -0.393 e. The summed E-state index contributed by atoms with van der Waals surface area (Å²) in [7, 11) is 0. The summed E-state index contributed by atoms with van der Waals surface area (Å²) in [5.74, 6) is 1.90. The molecule has 112 valence electrons. The summed E-state index contributed by atoms with van der Waals surface area (Å²) in [6.45, 7) is 4.95. The van der Waals surface area contributed by atoms with Crippen LogP contribution < -0.4 is 11.1 Å². The highest BCUT2D eigenvalue weighted by atomic mass is 32.1. The number of rotatable bonds is 4. The fourth-order valence-corrected chi connectivity index (χ4v) is 5.60. The highest BCUT2D eigenvalue weighted by Crippen LogP contribution is 2.65. The molecule has 3 nitrogen and oxygen atoms in total. The lowest BCUT2D eigenvalue weighted by Gasteiger charge is -2.60. The molecule has 4 rings (SSSR count). The van der Waals surface area contributed by atoms with E-state index in [1.165, 1.54) is 19.3 Å². The summed E-state index contributed by atoms with van der Waals surface area (Å²) < 4.78 is 0. The fraction of sp³-hybridized carbons (Fsp3) is 0.875. The van der Waals surface area contributed by atoms with Gasteiger partial charge in [-0.15, -0.1) is 0 Å². The lowest BCUT2D eigenvalue weighted by Crippen LogP contribution is -2.57. The summed E-state index contributed by atoms with van der Waals surface area (Å²) in [5, 5.41) is 3.13. The van der Waals surface area contributed by atoms with Crippen molar-refractivity contribution in [3.05, 3.63) is 0 Å². The first-order chi connectivity index (χ1) is 9.32. The fourth-order valence-electron chi connectivity index (χ4n) is 5.52. The standard InChI is InChI=1S/C16H26N2OS/c1-10(13(17)20)8-18-14(19)16-6-11-3-12(7-16)5-15(2,4-11)9-16/h10-12H,3-9H2,1-2H3,(H2,17,20)(H,18,19). The molecule has 0 aliphatic heterocycles. The zero-order valence-electron chi connectivity index (χ0n) is 12.6. The Balaban J connectivity index is 1.70. The Morgan fingerprint density at radius 2 is 1.95 bits per heavy atom. The molecule has 4 aliphatic rings. The van der Waals surface area contributed by atoms with Gasteiger partial charge in [-0.2, -0.15) is 0 Å². The molecule has 0 spiro atoms. The Morgan fingerprint density at radius 3 is 2.45 bits per heavy atom. The van der Waals surface area contributed by atoms with Gasteiger partial charge in [0, 0.05) is 12.5 Å². The third-order valence-electron chi connectivity index (χ3n) is 5.89. The third kappa shape index (κ3) is 2.36. The number of thiocarbonyl (C=S) groups is 1. The topological polar surface area (TPSA) is 55.1 Å². The van der Waals surface area contributed by atoms with Crippen molar-refractivity contribution in [1.82, 2.24) is 5.32 Å². The SMILES string of the molecule is CC(CNC(=O)C12CC3CC(CC(C)(C3)C1)C2)C(N)=S. The van der Waals surface area contributed by atoms with Crippen molar-refractivity contribution in [2.24, 2.45) is 34.3 Å². The highest BCUT2D eigenvalue weighted by molar-refractivity contribution is 7.80. The lowest BCUT2D eigenvalue weighted by atomic mass is 9.44. The predicted molar refractivity (Wildman–Crippen MR) is 84.2 cm³/mol. The molecule has 0 aromatic heterocycles. The molecule has 20 heavy (non-hydrogen) atoms. The van der Waals surface area contributed by atoms with Crippen LogP contribution in [0.2, 0.25) is 0 Å². The molecule has 0 saturated heterocycles. The first-order valence-corrected chi connectivity index (χ1v) is 8.30. The second-order valence-electron chi connectivity index (χ2n) is 8.07. The van der Waals surface area contributed by atoms with Crippen LogP contribution in [0.3, 0.4) is 0 Å². The van der Waals surface area contributed by atoms with Crippen molar-refractivity contribution >= 4 is 23.1 Å². The van der Waals surface area contributed by atoms with Crippen molar-refractivity contribution in [3.8, 4) is 0 Å². The molecular weight excluding hydrogens is 268 g/mol. The first kappa shape index (κ1) is 14.3. The van der Waals surface area contributed by atoms with E-state index < -0.39 is 0 Å². The van der Waals surface area contributed by atoms with Crippen LogP contribution >= 0.6 is 12.2 Å². The molecule has 1 amide bonds. The largest absolute Gasteiger partial charge is 0.393 e. The molecule has 3 atom stereocenters. The van der Waals surface area contributed by atoms with Crippen molar-refractivity contribution in [2.45, 2.75) is 52.4 Å². The number of carbonyl (C=O) groups is 1. The van der Waals surface area contributed by atoms with Crippen LogP contribution in [-0.2, 0) is 4.79 Å². The Labute approximate surface area is 127 Å². The Bertz CT molecular complexity index is 434. The highest BCUT2D eigenvalue weighted by Gasteiger charge is 2.58. The summed E-state index contributed by atoms with van der Waals surface area (Å²) in [5.41, 5.74) is 5.95. The summed E-state index contributed by atoms with van der Waals surface area (Å²) in [6, 6.07) is 0. The van der Waals surface area contributed by atoms with E-state index in [0.29, 0.717) is 16.9 Å². The van der Waals surface area contributed by atoms with E-state index in [0.717, 1.165) is 31.1 Å². The molecule has 0 heterocycles. The summed E-state index contributed by atoms with van der Waals surface area (Å²) >= 11 is 4.98. The Kier molecular flexibility index (Phi) is 3.35. The zero-order valence-corrected chi connectivity index (χ0v) is 13.4. The molecule has 3 N–H and O–H groups in total. The van der Waals surface area contributed by atoms with Crippen molar-refractivity contribution < 1.29 is 4.79 Å². The number of nitrogens with two attached hydrogens (primary N) is 1. The number of hydrogen-bond donors (Lipinski definition) is 2. The number of carbonyl (C=O) groups excluding carboxylic acids is 1. The third-order valence-corrected chi connectivity index (χ3v) is 6.29. The molecule has 0 aromatic carbocycles. The van der Waals surface area contributed by atoms with Crippen LogP contribution in [0.5, 0.6) is 0 Å². The van der Waals surface area contributed by atoms with Gasteiger partial charge >= 0.3 is 0 Å². The van der Waals surface area contributed by atoms with Crippen LogP contribution in [0, 0.1) is 28.6 Å². The van der Waals surface area contributed by atoms with Gasteiger partial charge in [-0.1, -0.05) is 26.1 Å². The van der Waals surface area contributed by atoms with E-state index in [1.54, 1.807) is 0 Å². The van der Waals surface area contributed by atoms with E-state index in [2.05, 4.69) is 12.2 Å². The molecule has 0 radical (unpaired) electrons. The molecule has 4 aliphatic carbocycles. The molecule has 4 saturated carbocycles. The quantitative estimate of drug-likeness (QED) is 0.784. The average molecular weight is 294 g/mol. The minimum atomic E-state index is -0.0885. The molecule has 4 bridgehead atoms. The van der Waals surface area contributed by atoms with Crippen LogP contribution in [0.25, 0.3) is 0 Å². The van der Waals surface area contributed by atoms with Gasteiger partial charge in [0.15, 0.2) is 0 Å². The average Bonchev–Trinajstić information content (AvgIpc) is 2.32. The summed E-state index contributed by atoms with van der Waals surface area (Å²) in [6.07, 6.45) is 7.32. The normalized spacial score (nSPS) is 43.3. The van der Waals surface area contributed by atoms with Gasteiger partial charge in [-0.25, -0.2) is 0 Å². The van der Waals surface area contributed by atoms with Gasteiger partial charge in [0.25, 0.3) is 0 Å². The van der Waals surface area contributed by atoms with E-state index in [1.807, 2.05) is 6.92 Å². The van der Waals surface area contributed by atoms with Crippen molar-refractivity contribution in [2.75, 3.05) is 6.54 Å². The van der Waals surface area contributed by atoms with Crippen LogP contribution in [0.15, 0.2) is 0 Å². The first-order valence-electron chi connectivity index (χ1n) is 7.90. The minimum absolute atomic E-state index is 0.0819. The Morgan fingerprint density at radius 1 is 1.35 bits per heavy atom. The monoisotopic (exact) mass is 294 g/mol. The van der Waals surface area contributed by atoms with Crippen LogP contribution in [0.4, 0.5) is 0 Å². The van der Waals surface area contributed by atoms with E-state index in [-0.39, 0.29) is 17.2 Å². The van der Waals surface area contributed by atoms with Crippen molar-refractivity contribution in [1.29, 1.82) is 0 Å². The van der Waals surface area contributed by atoms with Gasteiger partial charge in [0.1, 0.15) is 0 Å². The maximum atomic E-state index is 12.8. The molecule has 3 unspecified atom stereocenters. The predicted octanol–water partition coefficient (Wildman–Crippen LogP) is 2.63. The van der Waals surface area contributed by atoms with E-state index >= 15 is 0 Å². The van der Waals surface area contributed by atoms with E-state index in [9.17, 15) is 4.79 Å². The molecule has 4 fully saturated rings. The Hall–Kier alpha value is -0.640. The molecular formula is C16H26N2OS. The second kappa shape index (κ2) is 4.69. The van der Waals surface area contributed by atoms with Gasteiger partial charge in [0.2, 0.25) is 5.91 Å². The number of nitrogens with one attached hydrogen (secondary N) is 1. The zero-order chi connectivity index (χ0) is 14.5. The van der Waals surface area contributed by atoms with Gasteiger partial charge < -0.3 is 11.1 Å². The van der Waals surface area contributed by atoms with E-state index in [4.69, 9.17) is 18.0 Å². The van der Waals surface area contributed by atoms with Gasteiger partial charge in [-0.3, -0.25) is 4.79 Å². The second-order valence-corrected chi connectivity index (χ2v) is 8.54. The van der Waals surface area contributed by atoms with Crippen LogP contribution in [-0.4, -0.2) is 17.4 Å². The molecule has 0 aromatic rings. The van der Waals surface area contributed by atoms with Gasteiger partial charge in [0.05, 0.1) is 10.4 Å².